The van der Waals surface area contributed by atoms with E-state index in [0.717, 1.165) is 11.0 Å². The van der Waals surface area contributed by atoms with Crippen LogP contribution in [0.4, 0.5) is 0 Å². The zero-order chi connectivity index (χ0) is 13.6. The molecule has 20 heavy (non-hydrogen) atoms. The van der Waals surface area contributed by atoms with Crippen molar-refractivity contribution >= 4 is 21.8 Å². The van der Waals surface area contributed by atoms with E-state index in [1.165, 1.54) is 10.8 Å². The van der Waals surface area contributed by atoms with E-state index in [1.54, 1.807) is 0 Å². The second kappa shape index (κ2) is 5.98. The lowest BCUT2D eigenvalue weighted by Crippen LogP contribution is -1.80. The Morgan fingerprint density at radius 2 is 0.850 bits per heavy atom. The molecule has 0 unspecified atom stereocenters. The van der Waals surface area contributed by atoms with Gasteiger partial charge in [0, 0.05) is 10.8 Å². The van der Waals surface area contributed by atoms with E-state index in [-0.39, 0.29) is 0 Å². The van der Waals surface area contributed by atoms with Gasteiger partial charge in [-0.15, -0.1) is 0 Å². The summed E-state index contributed by atoms with van der Waals surface area (Å²) in [7, 11) is 0. The molecule has 0 aliphatic rings. The van der Waals surface area contributed by atoms with E-state index >= 15 is 0 Å². The van der Waals surface area contributed by atoms with Crippen LogP contribution in [-0.2, 0) is 0 Å². The Hall–Kier alpha value is -2.67. The van der Waals surface area contributed by atoms with E-state index in [1.807, 2.05) is 72.8 Å². The molecule has 0 aliphatic heterocycles. The first kappa shape index (κ1) is 12.4. The Morgan fingerprint density at radius 1 is 0.450 bits per heavy atom. The van der Waals surface area contributed by atoms with Gasteiger partial charge < -0.3 is 0 Å². The van der Waals surface area contributed by atoms with Crippen molar-refractivity contribution in [2.75, 3.05) is 0 Å². The Balaban J connectivity index is 0.000000170. The minimum absolute atomic E-state index is 1.06. The molecule has 0 fully saturated rings. The summed E-state index contributed by atoms with van der Waals surface area (Å²) in [6.45, 7) is 0. The van der Waals surface area contributed by atoms with Gasteiger partial charge in [0.1, 0.15) is 0 Å². The van der Waals surface area contributed by atoms with Gasteiger partial charge in [0.25, 0.3) is 0 Å². The summed E-state index contributed by atoms with van der Waals surface area (Å²) in [5, 5.41) is 2.40. The molecule has 0 saturated carbocycles. The molecule has 0 spiro atoms. The molecule has 0 aliphatic carbocycles. The third-order valence-electron chi connectivity index (χ3n) is 3.09. The van der Waals surface area contributed by atoms with Crippen molar-refractivity contribution in [1.82, 2.24) is 4.98 Å². The molecule has 0 amide bonds. The molecule has 1 aromatic heterocycles. The highest BCUT2D eigenvalue weighted by molar-refractivity contribution is 5.92. The van der Waals surface area contributed by atoms with Crippen molar-refractivity contribution in [3.63, 3.8) is 0 Å². The standard InChI is InChI=1S/C13H9N.C6H6/c1-3-7-12-10(5-1)9-11-6-2-4-8-13(11)14-12;1-2-4-6-5-3-1/h1-9H;1-6H. The fraction of sp³-hybridized carbons (Fsp3) is 0. The number of rotatable bonds is 0. The predicted octanol–water partition coefficient (Wildman–Crippen LogP) is 5.07. The maximum Gasteiger partial charge on any atom is 0.0709 e. The van der Waals surface area contributed by atoms with Crippen molar-refractivity contribution in [3.8, 4) is 0 Å². The number of aromatic nitrogens is 1. The van der Waals surface area contributed by atoms with E-state index in [2.05, 4.69) is 23.2 Å². The van der Waals surface area contributed by atoms with Crippen LogP contribution in [0.15, 0.2) is 91.0 Å². The van der Waals surface area contributed by atoms with Crippen LogP contribution >= 0.6 is 0 Å². The molecule has 4 aromatic rings. The topological polar surface area (TPSA) is 12.9 Å². The van der Waals surface area contributed by atoms with Gasteiger partial charge in [-0.2, -0.15) is 0 Å². The van der Waals surface area contributed by atoms with Gasteiger partial charge in [-0.3, -0.25) is 0 Å². The van der Waals surface area contributed by atoms with Crippen molar-refractivity contribution in [2.45, 2.75) is 0 Å². The fourth-order valence-electron chi connectivity index (χ4n) is 2.11. The third kappa shape index (κ3) is 2.83. The summed E-state index contributed by atoms with van der Waals surface area (Å²) < 4.78 is 0. The first-order valence-corrected chi connectivity index (χ1v) is 6.68. The average molecular weight is 257 g/mol. The molecule has 0 atom stereocenters. The zero-order valence-corrected chi connectivity index (χ0v) is 11.1. The number of benzene rings is 3. The highest BCUT2D eigenvalue weighted by atomic mass is 14.7. The molecular weight excluding hydrogens is 242 g/mol. The molecule has 0 N–H and O–H groups in total. The molecule has 0 bridgehead atoms. The van der Waals surface area contributed by atoms with E-state index in [4.69, 9.17) is 0 Å². The summed E-state index contributed by atoms with van der Waals surface area (Å²) in [5.41, 5.74) is 2.12. The quantitative estimate of drug-likeness (QED) is 0.400. The monoisotopic (exact) mass is 257 g/mol. The summed E-state index contributed by atoms with van der Waals surface area (Å²) in [6, 6.07) is 30.6. The molecule has 0 saturated heterocycles. The molecular formula is C19H15N. The molecule has 4 rings (SSSR count). The lowest BCUT2D eigenvalue weighted by Gasteiger charge is -1.99. The first-order valence-electron chi connectivity index (χ1n) is 6.68. The average Bonchev–Trinajstić information content (AvgIpc) is 2.55. The highest BCUT2D eigenvalue weighted by Gasteiger charge is 1.96. The number of hydrogen-bond donors (Lipinski definition) is 0. The van der Waals surface area contributed by atoms with Crippen LogP contribution in [0, 0.1) is 0 Å². The number of pyridine rings is 1. The third-order valence-corrected chi connectivity index (χ3v) is 3.09. The largest absolute Gasteiger partial charge is 0.248 e. The van der Waals surface area contributed by atoms with Crippen molar-refractivity contribution in [1.29, 1.82) is 0 Å². The van der Waals surface area contributed by atoms with Crippen LogP contribution in [0.25, 0.3) is 21.8 Å². The van der Waals surface area contributed by atoms with Gasteiger partial charge in [0.2, 0.25) is 0 Å². The Kier molecular flexibility index (Phi) is 3.70. The van der Waals surface area contributed by atoms with Crippen LogP contribution in [0.3, 0.4) is 0 Å². The van der Waals surface area contributed by atoms with Gasteiger partial charge in [-0.25, -0.2) is 4.98 Å². The highest BCUT2D eigenvalue weighted by Crippen LogP contribution is 2.18. The number of hydrogen-bond acceptors (Lipinski definition) is 1. The van der Waals surface area contributed by atoms with Gasteiger partial charge in [-0.1, -0.05) is 72.8 Å². The van der Waals surface area contributed by atoms with Crippen LogP contribution in [0.2, 0.25) is 0 Å². The lowest BCUT2D eigenvalue weighted by atomic mass is 10.1. The van der Waals surface area contributed by atoms with Crippen LogP contribution in [0.1, 0.15) is 0 Å². The van der Waals surface area contributed by atoms with Crippen molar-refractivity contribution in [3.05, 3.63) is 91.0 Å². The molecule has 96 valence electrons. The van der Waals surface area contributed by atoms with Gasteiger partial charge in [-0.05, 0) is 18.2 Å². The van der Waals surface area contributed by atoms with Crippen molar-refractivity contribution < 1.29 is 0 Å². The van der Waals surface area contributed by atoms with Gasteiger partial charge in [0.05, 0.1) is 11.0 Å². The predicted molar refractivity (Wildman–Crippen MR) is 85.7 cm³/mol. The van der Waals surface area contributed by atoms with Gasteiger partial charge >= 0.3 is 0 Å². The van der Waals surface area contributed by atoms with Crippen LogP contribution < -0.4 is 0 Å². The first-order chi connectivity index (χ1) is 9.93. The molecule has 1 nitrogen and oxygen atoms in total. The minimum Gasteiger partial charge on any atom is -0.248 e. The molecule has 3 aromatic carbocycles. The summed E-state index contributed by atoms with van der Waals surface area (Å²) >= 11 is 0. The van der Waals surface area contributed by atoms with Crippen LogP contribution in [-0.4, -0.2) is 4.98 Å². The minimum atomic E-state index is 1.06. The second-order valence-corrected chi connectivity index (χ2v) is 4.53. The van der Waals surface area contributed by atoms with E-state index < -0.39 is 0 Å². The smallest absolute Gasteiger partial charge is 0.0709 e. The number of nitrogens with zero attached hydrogens (tertiary/aromatic N) is 1. The van der Waals surface area contributed by atoms with Gasteiger partial charge in [0.15, 0.2) is 0 Å². The van der Waals surface area contributed by atoms with Crippen LogP contribution in [0.5, 0.6) is 0 Å². The van der Waals surface area contributed by atoms with Crippen molar-refractivity contribution in [2.24, 2.45) is 0 Å². The Bertz CT molecular complexity index is 675. The molecule has 1 heterocycles. The molecule has 1 heteroatoms. The maximum atomic E-state index is 4.58. The number of fused-ring (bicyclic) bond motifs is 2. The summed E-state index contributed by atoms with van der Waals surface area (Å²) in [6.07, 6.45) is 0. The maximum absolute atomic E-state index is 4.58. The Labute approximate surface area is 118 Å². The Morgan fingerprint density at radius 3 is 1.30 bits per heavy atom. The SMILES string of the molecule is c1ccc2nc3ccccc3cc2c1.c1ccccc1. The molecule has 0 radical (unpaired) electrons. The normalized spacial score (nSPS) is 10.0. The van der Waals surface area contributed by atoms with E-state index in [0.29, 0.717) is 0 Å². The number of para-hydroxylation sites is 2. The summed E-state index contributed by atoms with van der Waals surface area (Å²) in [4.78, 5) is 4.58. The van der Waals surface area contributed by atoms with E-state index in [9.17, 15) is 0 Å². The fourth-order valence-corrected chi connectivity index (χ4v) is 2.11. The summed E-state index contributed by atoms with van der Waals surface area (Å²) in [5.74, 6) is 0. The zero-order valence-electron chi connectivity index (χ0n) is 11.1. The lowest BCUT2D eigenvalue weighted by molar-refractivity contribution is 1.50. The second-order valence-electron chi connectivity index (χ2n) is 4.53.